The monoisotopic (exact) mass is 529 g/mol. The Bertz CT molecular complexity index is 1360. The highest BCUT2D eigenvalue weighted by Gasteiger charge is 2.31. The summed E-state index contributed by atoms with van der Waals surface area (Å²) >= 11 is 0. The number of rotatable bonds is 7. The van der Waals surface area contributed by atoms with Crippen LogP contribution in [0.5, 0.6) is 0 Å². The summed E-state index contributed by atoms with van der Waals surface area (Å²) < 4.78 is 33.7. The minimum Gasteiger partial charge on any atom is -0.390 e. The maximum atomic E-state index is 11.8. The van der Waals surface area contributed by atoms with Crippen molar-refractivity contribution in [2.24, 2.45) is 5.92 Å². The van der Waals surface area contributed by atoms with E-state index in [2.05, 4.69) is 23.9 Å². The minimum absolute atomic E-state index is 0.301. The number of fused-ring (bicyclic) bond motifs is 1. The van der Waals surface area contributed by atoms with Gasteiger partial charge in [0.25, 0.3) is 0 Å². The molecule has 2 N–H and O–H groups in total. The molecular weight excluding hydrogens is 494 g/mol. The van der Waals surface area contributed by atoms with Gasteiger partial charge in [-0.15, -0.1) is 0 Å². The van der Waals surface area contributed by atoms with Crippen LogP contribution in [0.15, 0.2) is 30.9 Å². The Hall–Kier alpha value is -2.80. The highest BCUT2D eigenvalue weighted by Crippen LogP contribution is 2.31. The van der Waals surface area contributed by atoms with Crippen LogP contribution in [0.3, 0.4) is 0 Å². The maximum absolute atomic E-state index is 11.8. The highest BCUT2D eigenvalue weighted by atomic mass is 32.2. The van der Waals surface area contributed by atoms with Gasteiger partial charge in [0.15, 0.2) is 5.65 Å². The van der Waals surface area contributed by atoms with Crippen LogP contribution in [0.4, 0.5) is 11.5 Å². The standard InChI is InChI=1S/C25H35N7O4S/c1-25(2,33)19-4-6-30(7-5-19)16-21-15-27-24-23(18-12-20(14-26-13-18)29-37(3,34)35)28-22(17-32(21)24)31-8-10-36-11-9-31/h12-15,17,19,29,33H,4-11,16H2,1-3H3. The summed E-state index contributed by atoms with van der Waals surface area (Å²) in [6.45, 7) is 9.11. The molecule has 0 radical (unpaired) electrons. The molecule has 2 aliphatic rings. The Kier molecular flexibility index (Phi) is 7.10. The number of pyridine rings is 1. The lowest BCUT2D eigenvalue weighted by atomic mass is 9.83. The van der Waals surface area contributed by atoms with E-state index in [1.54, 1.807) is 12.3 Å². The number of likely N-dealkylation sites (tertiary alicyclic amines) is 1. The van der Waals surface area contributed by atoms with Crippen LogP contribution in [0, 0.1) is 5.92 Å². The molecule has 0 aliphatic carbocycles. The van der Waals surface area contributed by atoms with E-state index in [0.29, 0.717) is 41.7 Å². The Labute approximate surface area is 217 Å². The van der Waals surface area contributed by atoms with Crippen LogP contribution < -0.4 is 9.62 Å². The van der Waals surface area contributed by atoms with Crippen LogP contribution >= 0.6 is 0 Å². The van der Waals surface area contributed by atoms with Gasteiger partial charge in [0.1, 0.15) is 11.5 Å². The van der Waals surface area contributed by atoms with Gasteiger partial charge in [-0.25, -0.2) is 18.4 Å². The fourth-order valence-electron chi connectivity index (χ4n) is 5.15. The summed E-state index contributed by atoms with van der Waals surface area (Å²) in [6.07, 6.45) is 10.1. The van der Waals surface area contributed by atoms with Crippen molar-refractivity contribution in [3.63, 3.8) is 0 Å². The Morgan fingerprint density at radius 1 is 1.14 bits per heavy atom. The van der Waals surface area contributed by atoms with Crippen LogP contribution in [0.1, 0.15) is 32.4 Å². The molecule has 5 heterocycles. The minimum atomic E-state index is -3.44. The molecule has 12 heteroatoms. The fourth-order valence-corrected chi connectivity index (χ4v) is 5.69. The second-order valence-corrected chi connectivity index (χ2v) is 12.3. The number of ether oxygens (including phenoxy) is 1. The first-order valence-corrected chi connectivity index (χ1v) is 14.5. The van der Waals surface area contributed by atoms with Crippen LogP contribution in [0.2, 0.25) is 0 Å². The van der Waals surface area contributed by atoms with Crippen molar-refractivity contribution in [3.05, 3.63) is 36.5 Å². The number of nitrogens with one attached hydrogen (secondary N) is 1. The molecule has 0 unspecified atom stereocenters. The topological polar surface area (TPSA) is 125 Å². The van der Waals surface area contributed by atoms with Gasteiger partial charge in [0.2, 0.25) is 10.0 Å². The average Bonchev–Trinajstić information content (AvgIpc) is 3.25. The molecule has 0 aromatic carbocycles. The average molecular weight is 530 g/mol. The van der Waals surface area contributed by atoms with Gasteiger partial charge in [-0.05, 0) is 51.8 Å². The van der Waals surface area contributed by atoms with Crippen LogP contribution in [-0.4, -0.2) is 89.0 Å². The molecule has 0 amide bonds. The zero-order chi connectivity index (χ0) is 26.2. The summed E-state index contributed by atoms with van der Waals surface area (Å²) in [5.41, 5.74) is 2.78. The first-order valence-electron chi connectivity index (χ1n) is 12.6. The number of aliphatic hydroxyl groups is 1. The quantitative estimate of drug-likeness (QED) is 0.473. The van der Waals surface area contributed by atoms with Crippen molar-refractivity contribution in [1.29, 1.82) is 0 Å². The third-order valence-electron chi connectivity index (χ3n) is 7.18. The van der Waals surface area contributed by atoms with E-state index >= 15 is 0 Å². The van der Waals surface area contributed by atoms with E-state index in [1.807, 2.05) is 26.2 Å². The Morgan fingerprint density at radius 2 is 1.86 bits per heavy atom. The molecule has 0 spiro atoms. The number of hydrogen-bond acceptors (Lipinski definition) is 9. The molecule has 37 heavy (non-hydrogen) atoms. The number of piperidine rings is 1. The molecular formula is C25H35N7O4S. The second kappa shape index (κ2) is 10.2. The number of aromatic nitrogens is 4. The normalized spacial score (nSPS) is 18.4. The van der Waals surface area contributed by atoms with Gasteiger partial charge in [0.05, 0.1) is 55.0 Å². The fraction of sp³-hybridized carbons (Fsp3) is 0.560. The number of anilines is 2. The van der Waals surface area contributed by atoms with Crippen molar-refractivity contribution in [1.82, 2.24) is 24.3 Å². The lowest BCUT2D eigenvalue weighted by Gasteiger charge is -2.37. The largest absolute Gasteiger partial charge is 0.390 e. The molecule has 2 saturated heterocycles. The molecule has 3 aromatic rings. The van der Waals surface area contributed by atoms with E-state index in [0.717, 1.165) is 63.3 Å². The van der Waals surface area contributed by atoms with Crippen LogP contribution in [-0.2, 0) is 21.3 Å². The third kappa shape index (κ3) is 6.03. The molecule has 2 fully saturated rings. The summed E-state index contributed by atoms with van der Waals surface area (Å²) in [7, 11) is -3.44. The molecule has 200 valence electrons. The van der Waals surface area contributed by atoms with E-state index in [1.165, 1.54) is 6.20 Å². The predicted molar refractivity (Wildman–Crippen MR) is 142 cm³/mol. The number of sulfonamides is 1. The Balaban J connectivity index is 1.50. The van der Waals surface area contributed by atoms with Gasteiger partial charge in [-0.2, -0.15) is 0 Å². The molecule has 0 bridgehead atoms. The van der Waals surface area contributed by atoms with Crippen molar-refractivity contribution >= 4 is 27.2 Å². The summed E-state index contributed by atoms with van der Waals surface area (Å²) in [5.74, 6) is 1.11. The van der Waals surface area contributed by atoms with Gasteiger partial charge < -0.3 is 14.7 Å². The summed E-state index contributed by atoms with van der Waals surface area (Å²) in [5, 5.41) is 10.4. The van der Waals surface area contributed by atoms with Crippen LogP contribution in [0.25, 0.3) is 16.9 Å². The zero-order valence-corrected chi connectivity index (χ0v) is 22.4. The Morgan fingerprint density at radius 3 is 2.54 bits per heavy atom. The SMILES string of the molecule is CC(C)(O)C1CCN(Cc2cnc3c(-c4cncc(NS(C)(=O)=O)c4)nc(N4CCOCC4)cn23)CC1. The molecule has 5 rings (SSSR count). The smallest absolute Gasteiger partial charge is 0.229 e. The van der Waals surface area contributed by atoms with Gasteiger partial charge in [0, 0.05) is 31.4 Å². The maximum Gasteiger partial charge on any atom is 0.229 e. The van der Waals surface area contributed by atoms with Crippen molar-refractivity contribution in [2.45, 2.75) is 38.8 Å². The second-order valence-electron chi connectivity index (χ2n) is 10.5. The van der Waals surface area contributed by atoms with Gasteiger partial charge in [-0.3, -0.25) is 19.0 Å². The molecule has 0 saturated carbocycles. The number of morpholine rings is 1. The van der Waals surface area contributed by atoms with Crippen molar-refractivity contribution < 1.29 is 18.3 Å². The number of hydrogen-bond donors (Lipinski definition) is 2. The number of nitrogens with zero attached hydrogens (tertiary/aromatic N) is 6. The zero-order valence-electron chi connectivity index (χ0n) is 21.6. The lowest BCUT2D eigenvalue weighted by molar-refractivity contribution is -0.0137. The van der Waals surface area contributed by atoms with Crippen molar-refractivity contribution in [2.75, 3.05) is 55.3 Å². The summed E-state index contributed by atoms with van der Waals surface area (Å²) in [4.78, 5) is 18.5. The molecule has 0 atom stereocenters. The third-order valence-corrected chi connectivity index (χ3v) is 7.78. The first-order chi connectivity index (χ1) is 17.6. The van der Waals surface area contributed by atoms with Crippen molar-refractivity contribution in [3.8, 4) is 11.3 Å². The predicted octanol–water partition coefficient (Wildman–Crippen LogP) is 1.98. The lowest BCUT2D eigenvalue weighted by Crippen LogP contribution is -2.41. The highest BCUT2D eigenvalue weighted by molar-refractivity contribution is 7.92. The van der Waals surface area contributed by atoms with E-state index < -0.39 is 15.6 Å². The summed E-state index contributed by atoms with van der Waals surface area (Å²) in [6, 6.07) is 1.73. The molecule has 11 nitrogen and oxygen atoms in total. The van der Waals surface area contributed by atoms with E-state index in [4.69, 9.17) is 14.7 Å². The first kappa shape index (κ1) is 25.8. The van der Waals surface area contributed by atoms with E-state index in [9.17, 15) is 13.5 Å². The molecule has 2 aliphatic heterocycles. The number of imidazole rings is 1. The molecule has 3 aromatic heterocycles. The van der Waals surface area contributed by atoms with Gasteiger partial charge in [-0.1, -0.05) is 0 Å². The van der Waals surface area contributed by atoms with Gasteiger partial charge >= 0.3 is 0 Å². The van der Waals surface area contributed by atoms with E-state index in [-0.39, 0.29) is 0 Å².